The number of benzene rings is 10. The second-order valence-corrected chi connectivity index (χ2v) is 15.8. The Morgan fingerprint density at radius 1 is 0.274 bits per heavy atom. The maximum absolute atomic E-state index is 2.47. The van der Waals surface area contributed by atoms with Crippen LogP contribution in [0.15, 0.2) is 243 Å². The first-order valence-electron chi connectivity index (χ1n) is 21.2. The number of anilines is 9. The Morgan fingerprint density at radius 2 is 0.758 bits per heavy atom. The van der Waals surface area contributed by atoms with Crippen molar-refractivity contribution in [3.05, 3.63) is 243 Å². The van der Waals surface area contributed by atoms with Crippen molar-refractivity contribution in [2.45, 2.75) is 0 Å². The summed E-state index contributed by atoms with van der Waals surface area (Å²) in [5.74, 6) is 0. The quantitative estimate of drug-likeness (QED) is 0.152. The van der Waals surface area contributed by atoms with Gasteiger partial charge in [0, 0.05) is 67.2 Å². The predicted molar refractivity (Wildman–Crippen MR) is 261 cm³/mol. The summed E-state index contributed by atoms with van der Waals surface area (Å²) in [5.41, 5.74) is 15.9. The van der Waals surface area contributed by atoms with Crippen LogP contribution >= 0.6 is 0 Å². The number of nitrogens with zero attached hydrogens (tertiary/aromatic N) is 4. The number of aromatic nitrogens is 1. The van der Waals surface area contributed by atoms with Crippen molar-refractivity contribution < 1.29 is 0 Å². The Kier molecular flexibility index (Phi) is 8.46. The third kappa shape index (κ3) is 5.76. The number of hydrogen-bond acceptors (Lipinski definition) is 3. The van der Waals surface area contributed by atoms with Crippen LogP contribution in [0.4, 0.5) is 51.2 Å². The SMILES string of the molecule is c1ccc(N(c2ccccc2)c2ccc3c(c2)N(c2ccccc2)c2cccc4c2c-3cc2c4c3ccc(N(c4ccccc4)c4ccccc4)cc3n2-c2ccccc2)cc1. The number of fused-ring (bicyclic) bond motifs is 6. The van der Waals surface area contributed by atoms with Gasteiger partial charge in [-0.1, -0.05) is 133 Å². The van der Waals surface area contributed by atoms with E-state index in [1.165, 1.54) is 38.2 Å². The van der Waals surface area contributed by atoms with Gasteiger partial charge in [-0.15, -0.1) is 0 Å². The molecule has 0 saturated heterocycles. The fraction of sp³-hybridized carbons (Fsp3) is 0. The van der Waals surface area contributed by atoms with Gasteiger partial charge >= 0.3 is 0 Å². The third-order valence-corrected chi connectivity index (χ3v) is 12.2. The van der Waals surface area contributed by atoms with E-state index < -0.39 is 0 Å². The molecule has 0 spiro atoms. The van der Waals surface area contributed by atoms with Crippen LogP contribution in [-0.2, 0) is 0 Å². The molecule has 1 aromatic heterocycles. The third-order valence-electron chi connectivity index (χ3n) is 12.2. The smallest absolute Gasteiger partial charge is 0.0562 e. The Bertz CT molecular complexity index is 3310. The highest BCUT2D eigenvalue weighted by molar-refractivity contribution is 6.29. The minimum absolute atomic E-state index is 1.09. The molecule has 0 unspecified atom stereocenters. The summed E-state index contributed by atoms with van der Waals surface area (Å²) in [5, 5.41) is 4.94. The number of rotatable bonds is 8. The van der Waals surface area contributed by atoms with Crippen molar-refractivity contribution in [3.63, 3.8) is 0 Å². The van der Waals surface area contributed by atoms with Crippen LogP contribution in [0, 0.1) is 0 Å². The fourth-order valence-corrected chi connectivity index (χ4v) is 9.61. The summed E-state index contributed by atoms with van der Waals surface area (Å²) >= 11 is 0. The van der Waals surface area contributed by atoms with E-state index in [1.54, 1.807) is 0 Å². The first kappa shape index (κ1) is 35.6. The number of hydrogen-bond donors (Lipinski definition) is 0. The molecule has 0 N–H and O–H groups in total. The largest absolute Gasteiger partial charge is 0.310 e. The van der Waals surface area contributed by atoms with E-state index in [0.717, 1.165) is 62.4 Å². The van der Waals surface area contributed by atoms with E-state index >= 15 is 0 Å². The zero-order valence-electron chi connectivity index (χ0n) is 33.9. The minimum atomic E-state index is 1.09. The van der Waals surface area contributed by atoms with Crippen molar-refractivity contribution in [1.29, 1.82) is 0 Å². The molecule has 0 atom stereocenters. The first-order chi connectivity index (χ1) is 30.8. The predicted octanol–water partition coefficient (Wildman–Crippen LogP) is 16.3. The van der Waals surface area contributed by atoms with E-state index in [0.29, 0.717) is 0 Å². The molecule has 0 radical (unpaired) electrons. The maximum Gasteiger partial charge on any atom is 0.0562 e. The summed E-state index contributed by atoms with van der Waals surface area (Å²) in [6.45, 7) is 0. The zero-order chi connectivity index (χ0) is 41.0. The molecular weight excluding hydrogens is 753 g/mol. The average molecular weight is 793 g/mol. The summed E-state index contributed by atoms with van der Waals surface area (Å²) in [4.78, 5) is 7.16. The second kappa shape index (κ2) is 14.7. The van der Waals surface area contributed by atoms with Crippen molar-refractivity contribution in [2.75, 3.05) is 14.7 Å². The molecule has 0 fully saturated rings. The van der Waals surface area contributed by atoms with Gasteiger partial charge in [0.05, 0.1) is 22.4 Å². The molecule has 0 bridgehead atoms. The van der Waals surface area contributed by atoms with E-state index in [9.17, 15) is 0 Å². The van der Waals surface area contributed by atoms with Gasteiger partial charge in [-0.05, 0) is 120 Å². The van der Waals surface area contributed by atoms with E-state index in [4.69, 9.17) is 0 Å². The van der Waals surface area contributed by atoms with Gasteiger partial charge in [-0.2, -0.15) is 0 Å². The standard InChI is InChI=1S/C58H40N4/c1-7-20-41(21-8-1)59(42-22-9-2-10-23-42)47-34-36-49-52-40-56-57(51-32-19-33-53(58(51)52)61(54(49)38-47)45-28-15-5-16-29-45)50-37-35-48(39-55(50)62(56)46-30-17-6-18-31-46)60(43-24-11-3-12-25-43)44-26-13-4-14-27-44/h1-40H. The molecule has 292 valence electrons. The van der Waals surface area contributed by atoms with E-state index in [1.807, 2.05) is 0 Å². The molecule has 0 aliphatic carbocycles. The topological polar surface area (TPSA) is 14.7 Å². The highest BCUT2D eigenvalue weighted by Crippen LogP contribution is 2.55. The van der Waals surface area contributed by atoms with Gasteiger partial charge in [0.25, 0.3) is 0 Å². The fourth-order valence-electron chi connectivity index (χ4n) is 9.61. The van der Waals surface area contributed by atoms with Crippen molar-refractivity contribution >= 4 is 83.8 Å². The summed E-state index contributed by atoms with van der Waals surface area (Å²) in [6, 6.07) is 87.5. The zero-order valence-corrected chi connectivity index (χ0v) is 33.9. The van der Waals surface area contributed by atoms with Crippen molar-refractivity contribution in [1.82, 2.24) is 4.57 Å². The summed E-state index contributed by atoms with van der Waals surface area (Å²) in [6.07, 6.45) is 0. The normalized spacial score (nSPS) is 11.8. The number of para-hydroxylation sites is 6. The van der Waals surface area contributed by atoms with Crippen LogP contribution in [0.25, 0.3) is 49.4 Å². The van der Waals surface area contributed by atoms with Gasteiger partial charge in [-0.25, -0.2) is 0 Å². The lowest BCUT2D eigenvalue weighted by molar-refractivity contribution is 1.18. The Balaban J connectivity index is 1.15. The lowest BCUT2D eigenvalue weighted by Crippen LogP contribution is -2.17. The molecule has 2 heterocycles. The lowest BCUT2D eigenvalue weighted by atomic mass is 9.88. The lowest BCUT2D eigenvalue weighted by Gasteiger charge is -2.35. The molecule has 62 heavy (non-hydrogen) atoms. The Labute approximate surface area is 361 Å². The van der Waals surface area contributed by atoms with Crippen LogP contribution in [-0.4, -0.2) is 4.57 Å². The summed E-state index contributed by atoms with van der Waals surface area (Å²) in [7, 11) is 0. The van der Waals surface area contributed by atoms with Gasteiger partial charge in [0.2, 0.25) is 0 Å². The van der Waals surface area contributed by atoms with Gasteiger partial charge in [0.15, 0.2) is 0 Å². The molecule has 1 aliphatic heterocycles. The molecule has 10 aromatic carbocycles. The van der Waals surface area contributed by atoms with Crippen LogP contribution in [0.2, 0.25) is 0 Å². The Hall–Kier alpha value is -8.34. The van der Waals surface area contributed by atoms with Crippen LogP contribution in [0.1, 0.15) is 0 Å². The highest BCUT2D eigenvalue weighted by Gasteiger charge is 2.30. The van der Waals surface area contributed by atoms with Gasteiger partial charge in [0.1, 0.15) is 0 Å². The average Bonchev–Trinajstić information content (AvgIpc) is 3.67. The molecular formula is C58H40N4. The molecule has 0 saturated carbocycles. The van der Waals surface area contributed by atoms with Crippen LogP contribution in [0.3, 0.4) is 0 Å². The second-order valence-electron chi connectivity index (χ2n) is 15.8. The maximum atomic E-state index is 2.47. The van der Waals surface area contributed by atoms with Gasteiger partial charge in [-0.3, -0.25) is 0 Å². The van der Waals surface area contributed by atoms with E-state index in [-0.39, 0.29) is 0 Å². The van der Waals surface area contributed by atoms with Crippen LogP contribution < -0.4 is 14.7 Å². The summed E-state index contributed by atoms with van der Waals surface area (Å²) < 4.78 is 2.47. The first-order valence-corrected chi connectivity index (χ1v) is 21.2. The van der Waals surface area contributed by atoms with Crippen molar-refractivity contribution in [2.24, 2.45) is 0 Å². The Morgan fingerprint density at radius 3 is 1.31 bits per heavy atom. The molecule has 1 aliphatic rings. The van der Waals surface area contributed by atoms with E-state index in [2.05, 4.69) is 262 Å². The monoisotopic (exact) mass is 792 g/mol. The van der Waals surface area contributed by atoms with Crippen LogP contribution in [0.5, 0.6) is 0 Å². The molecule has 12 rings (SSSR count). The van der Waals surface area contributed by atoms with Gasteiger partial charge < -0.3 is 19.3 Å². The molecule has 4 heteroatoms. The molecule has 4 nitrogen and oxygen atoms in total. The highest BCUT2D eigenvalue weighted by atomic mass is 15.2. The van der Waals surface area contributed by atoms with Crippen molar-refractivity contribution in [3.8, 4) is 16.8 Å². The minimum Gasteiger partial charge on any atom is -0.310 e. The molecule has 11 aromatic rings. The molecule has 0 amide bonds.